The molecule has 126 valence electrons. The molecule has 2 rings (SSSR count). The van der Waals surface area contributed by atoms with E-state index in [1.54, 1.807) is 0 Å². The monoisotopic (exact) mass is 317 g/mol. The fraction of sp³-hybridized carbons (Fsp3) is 0.579. The number of hydrogen-bond acceptors (Lipinski definition) is 3. The summed E-state index contributed by atoms with van der Waals surface area (Å²) in [6.45, 7) is 4.05. The van der Waals surface area contributed by atoms with Crippen LogP contribution in [0.15, 0.2) is 18.2 Å². The third kappa shape index (κ3) is 4.34. The van der Waals surface area contributed by atoms with Gasteiger partial charge in [-0.25, -0.2) is 4.79 Å². The van der Waals surface area contributed by atoms with Crippen molar-refractivity contribution in [1.82, 2.24) is 5.32 Å². The van der Waals surface area contributed by atoms with Crippen LogP contribution in [0.2, 0.25) is 0 Å². The Labute approximate surface area is 138 Å². The first-order valence-electron chi connectivity index (χ1n) is 8.42. The molecule has 0 bridgehead atoms. The molecule has 1 amide bonds. The van der Waals surface area contributed by atoms with Gasteiger partial charge in [-0.05, 0) is 37.8 Å². The molecule has 1 aliphatic rings. The second-order valence-electron chi connectivity index (χ2n) is 6.64. The van der Waals surface area contributed by atoms with E-state index in [0.29, 0.717) is 19.3 Å². The Hall–Kier alpha value is -1.84. The number of methoxy groups -OCH3 is 1. The van der Waals surface area contributed by atoms with Crippen molar-refractivity contribution in [3.8, 4) is 0 Å². The van der Waals surface area contributed by atoms with Crippen LogP contribution < -0.4 is 5.32 Å². The van der Waals surface area contributed by atoms with Gasteiger partial charge in [0.25, 0.3) is 0 Å². The average Bonchev–Trinajstić information content (AvgIpc) is 2.75. The van der Waals surface area contributed by atoms with E-state index in [9.17, 15) is 9.59 Å². The molecule has 0 aromatic heterocycles. The molecule has 1 aromatic carbocycles. The van der Waals surface area contributed by atoms with E-state index in [1.807, 2.05) is 26.0 Å². The van der Waals surface area contributed by atoms with Crippen LogP contribution in [0.5, 0.6) is 0 Å². The van der Waals surface area contributed by atoms with Crippen LogP contribution >= 0.6 is 0 Å². The molecule has 4 heteroatoms. The van der Waals surface area contributed by atoms with Crippen LogP contribution in [0.3, 0.4) is 0 Å². The molecule has 4 nitrogen and oxygen atoms in total. The smallest absolute Gasteiger partial charge is 0.331 e. The number of carbonyl (C=O) groups excluding carboxylic acids is 2. The minimum absolute atomic E-state index is 0.107. The summed E-state index contributed by atoms with van der Waals surface area (Å²) >= 11 is 0. The number of hydrogen-bond donors (Lipinski definition) is 1. The van der Waals surface area contributed by atoms with Crippen molar-refractivity contribution in [3.63, 3.8) is 0 Å². The number of ether oxygens (including phenoxy) is 1. The Morgan fingerprint density at radius 1 is 1.13 bits per heavy atom. The van der Waals surface area contributed by atoms with Gasteiger partial charge < -0.3 is 10.1 Å². The molecule has 0 radical (unpaired) electrons. The zero-order chi connectivity index (χ0) is 16.9. The van der Waals surface area contributed by atoms with E-state index in [-0.39, 0.29) is 11.9 Å². The highest BCUT2D eigenvalue weighted by Crippen LogP contribution is 2.28. The first-order chi connectivity index (χ1) is 11.0. The van der Waals surface area contributed by atoms with Gasteiger partial charge in [-0.2, -0.15) is 0 Å². The highest BCUT2D eigenvalue weighted by atomic mass is 16.5. The largest absolute Gasteiger partial charge is 0.467 e. The van der Waals surface area contributed by atoms with Crippen molar-refractivity contribution in [2.75, 3.05) is 7.11 Å². The van der Waals surface area contributed by atoms with Gasteiger partial charge in [-0.1, -0.05) is 49.4 Å². The molecule has 0 aliphatic heterocycles. The van der Waals surface area contributed by atoms with E-state index >= 15 is 0 Å². The molecule has 0 heterocycles. The summed E-state index contributed by atoms with van der Waals surface area (Å²) in [5.41, 5.74) is 2.44. The zero-order valence-corrected chi connectivity index (χ0v) is 14.4. The van der Waals surface area contributed by atoms with Crippen molar-refractivity contribution in [2.45, 2.75) is 64.3 Å². The van der Waals surface area contributed by atoms with Gasteiger partial charge in [0.2, 0.25) is 5.91 Å². The lowest BCUT2D eigenvalue weighted by atomic mass is 9.89. The van der Waals surface area contributed by atoms with Crippen LogP contribution in [0.1, 0.15) is 55.2 Å². The molecule has 0 saturated heterocycles. The van der Waals surface area contributed by atoms with Gasteiger partial charge >= 0.3 is 5.97 Å². The van der Waals surface area contributed by atoms with E-state index < -0.39 is 5.54 Å². The topological polar surface area (TPSA) is 55.4 Å². The normalized spacial score (nSPS) is 17.2. The van der Waals surface area contributed by atoms with Crippen LogP contribution in [0.4, 0.5) is 0 Å². The quantitative estimate of drug-likeness (QED) is 0.685. The molecular weight excluding hydrogens is 290 g/mol. The number of rotatable bonds is 4. The molecule has 1 saturated carbocycles. The minimum Gasteiger partial charge on any atom is -0.467 e. The van der Waals surface area contributed by atoms with E-state index in [0.717, 1.165) is 36.8 Å². The summed E-state index contributed by atoms with van der Waals surface area (Å²) in [7, 11) is 1.39. The fourth-order valence-electron chi connectivity index (χ4n) is 3.44. The lowest BCUT2D eigenvalue weighted by Gasteiger charge is -2.31. The second kappa shape index (κ2) is 7.62. The van der Waals surface area contributed by atoms with Gasteiger partial charge in [-0.15, -0.1) is 0 Å². The SMILES string of the molecule is COC(=O)C1(NC(=O)Cc2ccc(C)cc2C)CCCCCC1. The van der Waals surface area contributed by atoms with Crippen LogP contribution in [-0.4, -0.2) is 24.5 Å². The average molecular weight is 317 g/mol. The third-order valence-corrected chi connectivity index (χ3v) is 4.76. The predicted octanol–water partition coefficient (Wildman–Crippen LogP) is 3.23. The summed E-state index contributed by atoms with van der Waals surface area (Å²) in [5, 5.41) is 3.00. The number of amides is 1. The number of aryl methyl sites for hydroxylation is 2. The van der Waals surface area contributed by atoms with Crippen molar-refractivity contribution in [2.24, 2.45) is 0 Å². The highest BCUT2D eigenvalue weighted by molar-refractivity contribution is 5.89. The fourth-order valence-corrected chi connectivity index (χ4v) is 3.44. The van der Waals surface area contributed by atoms with Crippen LogP contribution in [0.25, 0.3) is 0 Å². The summed E-state index contributed by atoms with van der Waals surface area (Å²) in [4.78, 5) is 24.8. The zero-order valence-electron chi connectivity index (χ0n) is 14.4. The molecule has 0 atom stereocenters. The minimum atomic E-state index is -0.846. The maximum Gasteiger partial charge on any atom is 0.331 e. The molecule has 0 unspecified atom stereocenters. The van der Waals surface area contributed by atoms with Crippen molar-refractivity contribution >= 4 is 11.9 Å². The number of benzene rings is 1. The molecule has 23 heavy (non-hydrogen) atoms. The Bertz CT molecular complexity index is 572. The molecular formula is C19H27NO3. The van der Waals surface area contributed by atoms with Crippen molar-refractivity contribution in [3.05, 3.63) is 34.9 Å². The first kappa shape index (κ1) is 17.5. The van der Waals surface area contributed by atoms with Gasteiger partial charge in [0, 0.05) is 0 Å². The predicted molar refractivity (Wildman–Crippen MR) is 90.2 cm³/mol. The maximum atomic E-state index is 12.5. The standard InChI is InChI=1S/C19H27NO3/c1-14-8-9-16(15(2)12-14)13-17(21)20-19(18(22)23-3)10-6-4-5-7-11-19/h8-9,12H,4-7,10-11,13H2,1-3H3,(H,20,21). The lowest BCUT2D eigenvalue weighted by molar-refractivity contribution is -0.151. The molecule has 0 spiro atoms. The van der Waals surface area contributed by atoms with Gasteiger partial charge in [0.05, 0.1) is 13.5 Å². The lowest BCUT2D eigenvalue weighted by Crippen LogP contribution is -2.55. The Morgan fingerprint density at radius 3 is 2.35 bits per heavy atom. The second-order valence-corrected chi connectivity index (χ2v) is 6.64. The maximum absolute atomic E-state index is 12.5. The van der Waals surface area contributed by atoms with Crippen molar-refractivity contribution in [1.29, 1.82) is 0 Å². The number of carbonyl (C=O) groups is 2. The number of esters is 1. The third-order valence-electron chi connectivity index (χ3n) is 4.76. The molecule has 1 N–H and O–H groups in total. The van der Waals surface area contributed by atoms with E-state index in [4.69, 9.17) is 4.74 Å². The highest BCUT2D eigenvalue weighted by Gasteiger charge is 2.40. The van der Waals surface area contributed by atoms with Crippen molar-refractivity contribution < 1.29 is 14.3 Å². The first-order valence-corrected chi connectivity index (χ1v) is 8.42. The summed E-state index contributed by atoms with van der Waals surface area (Å²) in [6.07, 6.45) is 5.72. The summed E-state index contributed by atoms with van der Waals surface area (Å²) in [6, 6.07) is 6.07. The Morgan fingerprint density at radius 2 is 1.78 bits per heavy atom. The van der Waals surface area contributed by atoms with Crippen LogP contribution in [-0.2, 0) is 20.7 Å². The summed E-state index contributed by atoms with van der Waals surface area (Å²) in [5.74, 6) is -0.419. The van der Waals surface area contributed by atoms with Gasteiger partial charge in [0.1, 0.15) is 5.54 Å². The van der Waals surface area contributed by atoms with Crippen LogP contribution in [0, 0.1) is 13.8 Å². The Balaban J connectivity index is 2.12. The summed E-state index contributed by atoms with van der Waals surface area (Å²) < 4.78 is 4.99. The number of nitrogens with one attached hydrogen (secondary N) is 1. The van der Waals surface area contributed by atoms with E-state index in [2.05, 4.69) is 11.4 Å². The van der Waals surface area contributed by atoms with Gasteiger partial charge in [-0.3, -0.25) is 4.79 Å². The molecule has 1 aliphatic carbocycles. The van der Waals surface area contributed by atoms with E-state index in [1.165, 1.54) is 12.7 Å². The molecule has 1 aromatic rings. The Kier molecular flexibility index (Phi) is 5.80. The molecule has 1 fully saturated rings. The van der Waals surface area contributed by atoms with Gasteiger partial charge in [0.15, 0.2) is 0 Å².